The van der Waals surface area contributed by atoms with Crippen molar-refractivity contribution in [3.05, 3.63) is 72.3 Å². The van der Waals surface area contributed by atoms with E-state index in [1.54, 1.807) is 62.6 Å². The number of benzene rings is 3. The first kappa shape index (κ1) is 26.7. The lowest BCUT2D eigenvalue weighted by Crippen LogP contribution is -2.41. The zero-order chi connectivity index (χ0) is 26.3. The molecule has 0 saturated carbocycles. The predicted molar refractivity (Wildman–Crippen MR) is 137 cm³/mol. The summed E-state index contributed by atoms with van der Waals surface area (Å²) in [4.78, 5) is 13.2. The molecule has 0 aliphatic carbocycles. The van der Waals surface area contributed by atoms with E-state index in [0.717, 1.165) is 4.31 Å². The first-order valence-corrected chi connectivity index (χ1v) is 12.5. The van der Waals surface area contributed by atoms with Crippen LogP contribution in [-0.2, 0) is 14.8 Å². The Morgan fingerprint density at radius 3 is 2.08 bits per heavy atom. The van der Waals surface area contributed by atoms with Crippen LogP contribution < -0.4 is 28.6 Å². The molecule has 0 spiro atoms. The monoisotopic (exact) mass is 514 g/mol. The third kappa shape index (κ3) is 5.83. The lowest BCUT2D eigenvalue weighted by Gasteiger charge is -2.26. The van der Waals surface area contributed by atoms with E-state index in [9.17, 15) is 13.2 Å². The molecule has 0 saturated heterocycles. The zero-order valence-corrected chi connectivity index (χ0v) is 21.7. The molecule has 1 atom stereocenters. The van der Waals surface area contributed by atoms with Crippen LogP contribution in [-0.4, -0.2) is 49.3 Å². The van der Waals surface area contributed by atoms with Crippen molar-refractivity contribution in [3.63, 3.8) is 0 Å². The van der Waals surface area contributed by atoms with Crippen LogP contribution in [0.3, 0.4) is 0 Å². The van der Waals surface area contributed by atoms with Crippen molar-refractivity contribution in [1.82, 2.24) is 5.32 Å². The fourth-order valence-corrected chi connectivity index (χ4v) is 5.12. The molecular formula is C26H30N2O7S. The maximum atomic E-state index is 13.6. The summed E-state index contributed by atoms with van der Waals surface area (Å²) >= 11 is 0. The van der Waals surface area contributed by atoms with Gasteiger partial charge in [-0.15, -0.1) is 0 Å². The van der Waals surface area contributed by atoms with Crippen molar-refractivity contribution in [2.24, 2.45) is 0 Å². The Morgan fingerprint density at radius 2 is 1.47 bits per heavy atom. The van der Waals surface area contributed by atoms with Crippen molar-refractivity contribution in [2.45, 2.75) is 17.9 Å². The lowest BCUT2D eigenvalue weighted by molar-refractivity contribution is -0.120. The molecule has 1 N–H and O–H groups in total. The normalized spacial score (nSPS) is 11.8. The topological polar surface area (TPSA) is 103 Å². The molecule has 0 unspecified atom stereocenters. The number of hydrogen-bond acceptors (Lipinski definition) is 7. The predicted octanol–water partition coefficient (Wildman–Crippen LogP) is 3.79. The molecular weight excluding hydrogens is 484 g/mol. The summed E-state index contributed by atoms with van der Waals surface area (Å²) in [6.07, 6.45) is 0. The number of nitrogens with zero attached hydrogens (tertiary/aromatic N) is 1. The molecule has 1 amide bonds. The van der Waals surface area contributed by atoms with Gasteiger partial charge in [0.1, 0.15) is 18.0 Å². The highest BCUT2D eigenvalue weighted by atomic mass is 32.2. The number of hydrogen-bond donors (Lipinski definition) is 1. The third-order valence-electron chi connectivity index (χ3n) is 5.55. The first-order valence-electron chi connectivity index (χ1n) is 11.1. The fraction of sp³-hybridized carbons (Fsp3) is 0.269. The Hall–Kier alpha value is -3.92. The maximum Gasteiger partial charge on any atom is 0.264 e. The van der Waals surface area contributed by atoms with E-state index in [4.69, 9.17) is 18.9 Å². The van der Waals surface area contributed by atoms with Gasteiger partial charge in [0.2, 0.25) is 5.91 Å². The molecule has 3 aromatic carbocycles. The highest BCUT2D eigenvalue weighted by Crippen LogP contribution is 2.34. The summed E-state index contributed by atoms with van der Waals surface area (Å²) in [5, 5.41) is 2.86. The molecule has 0 bridgehead atoms. The molecule has 0 aliphatic rings. The average Bonchev–Trinajstić information content (AvgIpc) is 2.91. The van der Waals surface area contributed by atoms with Crippen LogP contribution in [0, 0.1) is 0 Å². The van der Waals surface area contributed by atoms with Gasteiger partial charge in [0.05, 0.1) is 45.1 Å². The summed E-state index contributed by atoms with van der Waals surface area (Å²) in [5.74, 6) is 1.42. The van der Waals surface area contributed by atoms with Gasteiger partial charge >= 0.3 is 0 Å². The molecule has 0 fully saturated rings. The van der Waals surface area contributed by atoms with Crippen LogP contribution in [0.15, 0.2) is 71.6 Å². The second-order valence-electron chi connectivity index (χ2n) is 7.76. The molecule has 0 aromatic heterocycles. The van der Waals surface area contributed by atoms with Crippen LogP contribution in [0.5, 0.6) is 23.0 Å². The molecule has 192 valence electrons. The van der Waals surface area contributed by atoms with Crippen molar-refractivity contribution < 1.29 is 32.2 Å². The van der Waals surface area contributed by atoms with E-state index in [0.29, 0.717) is 28.6 Å². The fourth-order valence-electron chi connectivity index (χ4n) is 3.69. The largest absolute Gasteiger partial charge is 0.497 e. The summed E-state index contributed by atoms with van der Waals surface area (Å²) in [5.41, 5.74) is 0.937. The van der Waals surface area contributed by atoms with Crippen LogP contribution in [0.1, 0.15) is 18.5 Å². The maximum absolute atomic E-state index is 13.6. The van der Waals surface area contributed by atoms with Crippen molar-refractivity contribution in [2.75, 3.05) is 39.3 Å². The zero-order valence-electron chi connectivity index (χ0n) is 20.8. The number of sulfonamides is 1. The Balaban J connectivity index is 1.96. The van der Waals surface area contributed by atoms with E-state index < -0.39 is 28.5 Å². The number of carbonyl (C=O) groups excluding carboxylic acids is 1. The molecule has 0 radical (unpaired) electrons. The van der Waals surface area contributed by atoms with Crippen molar-refractivity contribution >= 4 is 21.6 Å². The average molecular weight is 515 g/mol. The number of amides is 1. The van der Waals surface area contributed by atoms with E-state index >= 15 is 0 Å². The summed E-state index contributed by atoms with van der Waals surface area (Å²) in [6.45, 7) is 1.31. The van der Waals surface area contributed by atoms with Crippen LogP contribution in [0.25, 0.3) is 0 Å². The molecule has 0 aliphatic heterocycles. The summed E-state index contributed by atoms with van der Waals surface area (Å²) in [7, 11) is 1.93. The standard InChI is InChI=1S/C26H30N2O7S/c1-18(22-16-20(32-2)12-14-23(22)33-3)27-26(29)17-28(36(30,31)21-9-7-6-8-10-21)19-11-13-24(34-4)25(15-19)35-5/h6-16,18H,17H2,1-5H3,(H,27,29)/t18-/m1/s1. The second-order valence-corrected chi connectivity index (χ2v) is 9.62. The Kier molecular flexibility index (Phi) is 8.65. The molecule has 9 nitrogen and oxygen atoms in total. The van der Waals surface area contributed by atoms with Crippen LogP contribution in [0.4, 0.5) is 5.69 Å². The minimum atomic E-state index is -4.09. The number of anilines is 1. The number of nitrogens with one attached hydrogen (secondary N) is 1. The van der Waals surface area contributed by atoms with E-state index in [1.165, 1.54) is 39.5 Å². The SMILES string of the molecule is COc1ccc(OC)c([C@@H](C)NC(=O)CN(c2ccc(OC)c(OC)c2)S(=O)(=O)c2ccccc2)c1. The first-order chi connectivity index (χ1) is 17.2. The van der Waals surface area contributed by atoms with Gasteiger partial charge in [-0.25, -0.2) is 8.42 Å². The smallest absolute Gasteiger partial charge is 0.264 e. The van der Waals surface area contributed by atoms with Gasteiger partial charge in [0, 0.05) is 11.6 Å². The van der Waals surface area contributed by atoms with Gasteiger partial charge in [-0.3, -0.25) is 9.10 Å². The van der Waals surface area contributed by atoms with E-state index in [1.807, 2.05) is 0 Å². The molecule has 36 heavy (non-hydrogen) atoms. The highest BCUT2D eigenvalue weighted by molar-refractivity contribution is 7.92. The van der Waals surface area contributed by atoms with E-state index in [2.05, 4.69) is 5.32 Å². The van der Waals surface area contributed by atoms with Gasteiger partial charge in [0.15, 0.2) is 11.5 Å². The Morgan fingerprint density at radius 1 is 0.833 bits per heavy atom. The number of carbonyl (C=O) groups is 1. The lowest BCUT2D eigenvalue weighted by atomic mass is 10.1. The summed E-state index contributed by atoms with van der Waals surface area (Å²) < 4.78 is 49.6. The van der Waals surface area contributed by atoms with E-state index in [-0.39, 0.29) is 10.6 Å². The Labute approximate surface area is 211 Å². The third-order valence-corrected chi connectivity index (χ3v) is 7.34. The van der Waals surface area contributed by atoms with Gasteiger partial charge < -0.3 is 24.3 Å². The molecule has 0 heterocycles. The number of rotatable bonds is 11. The van der Waals surface area contributed by atoms with Gasteiger partial charge in [-0.1, -0.05) is 18.2 Å². The number of ether oxygens (including phenoxy) is 4. The van der Waals surface area contributed by atoms with Crippen molar-refractivity contribution in [3.8, 4) is 23.0 Å². The van der Waals surface area contributed by atoms with Crippen LogP contribution >= 0.6 is 0 Å². The number of methoxy groups -OCH3 is 4. The Bertz CT molecular complexity index is 1300. The molecule has 3 aromatic rings. The minimum Gasteiger partial charge on any atom is -0.497 e. The van der Waals surface area contributed by atoms with Gasteiger partial charge in [-0.05, 0) is 49.4 Å². The van der Waals surface area contributed by atoms with Crippen LogP contribution in [0.2, 0.25) is 0 Å². The van der Waals surface area contributed by atoms with Gasteiger partial charge in [-0.2, -0.15) is 0 Å². The highest BCUT2D eigenvalue weighted by Gasteiger charge is 2.29. The minimum absolute atomic E-state index is 0.0510. The quantitative estimate of drug-likeness (QED) is 0.415. The van der Waals surface area contributed by atoms with Gasteiger partial charge in [0.25, 0.3) is 10.0 Å². The molecule has 3 rings (SSSR count). The van der Waals surface area contributed by atoms with Crippen molar-refractivity contribution in [1.29, 1.82) is 0 Å². The molecule has 10 heteroatoms. The summed E-state index contributed by atoms with van der Waals surface area (Å²) in [6, 6.07) is 17.3. The second kappa shape index (κ2) is 11.7.